The maximum Gasteiger partial charge on any atom is 0.146 e. The molecule has 0 amide bonds. The molecule has 2 heterocycles. The Morgan fingerprint density at radius 2 is 2.14 bits per heavy atom. The van der Waals surface area contributed by atoms with Gasteiger partial charge in [0.25, 0.3) is 0 Å². The molecule has 0 aliphatic rings. The molecule has 0 saturated carbocycles. The molecule has 1 atom stereocenters. The van der Waals surface area contributed by atoms with Crippen LogP contribution in [0.2, 0.25) is 0 Å². The van der Waals surface area contributed by atoms with Gasteiger partial charge < -0.3 is 5.32 Å². The second kappa shape index (κ2) is 6.33. The highest BCUT2D eigenvalue weighted by atomic mass is 32.1. The third-order valence-electron chi connectivity index (χ3n) is 3.61. The summed E-state index contributed by atoms with van der Waals surface area (Å²) in [4.78, 5) is 3.83. The van der Waals surface area contributed by atoms with Crippen LogP contribution in [0.4, 0.5) is 4.39 Å². The fourth-order valence-electron chi connectivity index (χ4n) is 2.62. The molecule has 4 heteroatoms. The number of halogens is 1. The van der Waals surface area contributed by atoms with Gasteiger partial charge in [-0.1, -0.05) is 25.1 Å². The number of fused-ring (bicyclic) bond motifs is 1. The Bertz CT molecular complexity index is 738. The molecule has 21 heavy (non-hydrogen) atoms. The van der Waals surface area contributed by atoms with Crippen molar-refractivity contribution in [3.63, 3.8) is 0 Å². The number of aromatic nitrogens is 1. The van der Waals surface area contributed by atoms with E-state index in [4.69, 9.17) is 0 Å². The van der Waals surface area contributed by atoms with Gasteiger partial charge in [-0.3, -0.25) is 4.98 Å². The summed E-state index contributed by atoms with van der Waals surface area (Å²) in [6.07, 6.45) is 3.71. The normalized spacial score (nSPS) is 12.7. The second-order valence-corrected chi connectivity index (χ2v) is 5.88. The third-order valence-corrected chi connectivity index (χ3v) is 4.63. The van der Waals surface area contributed by atoms with E-state index in [1.165, 1.54) is 21.8 Å². The first-order chi connectivity index (χ1) is 10.3. The largest absolute Gasteiger partial charge is 0.310 e. The number of nitrogens with zero attached hydrogens (tertiary/aromatic N) is 1. The molecule has 108 valence electrons. The lowest BCUT2D eigenvalue weighted by Crippen LogP contribution is -2.24. The van der Waals surface area contributed by atoms with E-state index < -0.39 is 0 Å². The molecule has 2 aromatic heterocycles. The van der Waals surface area contributed by atoms with Crippen molar-refractivity contribution in [3.05, 3.63) is 65.0 Å². The van der Waals surface area contributed by atoms with Crippen LogP contribution in [0.5, 0.6) is 0 Å². The minimum Gasteiger partial charge on any atom is -0.310 e. The van der Waals surface area contributed by atoms with Crippen LogP contribution in [-0.2, 0) is 6.42 Å². The smallest absolute Gasteiger partial charge is 0.146 e. The number of benzene rings is 1. The topological polar surface area (TPSA) is 24.9 Å². The van der Waals surface area contributed by atoms with Crippen LogP contribution >= 0.6 is 11.3 Å². The van der Waals surface area contributed by atoms with Crippen molar-refractivity contribution < 1.29 is 4.39 Å². The van der Waals surface area contributed by atoms with Crippen molar-refractivity contribution in [2.24, 2.45) is 0 Å². The number of hydrogen-bond donors (Lipinski definition) is 1. The average molecular weight is 300 g/mol. The summed E-state index contributed by atoms with van der Waals surface area (Å²) in [5, 5.41) is 6.82. The van der Waals surface area contributed by atoms with Crippen LogP contribution in [0.1, 0.15) is 24.1 Å². The van der Waals surface area contributed by atoms with Crippen LogP contribution in [0.3, 0.4) is 0 Å². The number of rotatable bonds is 5. The van der Waals surface area contributed by atoms with Gasteiger partial charge in [0.1, 0.15) is 5.82 Å². The minimum absolute atomic E-state index is 0.0315. The Kier molecular flexibility index (Phi) is 4.27. The summed E-state index contributed by atoms with van der Waals surface area (Å²) >= 11 is 1.74. The highest BCUT2D eigenvalue weighted by molar-refractivity contribution is 7.17. The molecule has 0 radical (unpaired) electrons. The zero-order valence-corrected chi connectivity index (χ0v) is 12.7. The van der Waals surface area contributed by atoms with Gasteiger partial charge in [0.15, 0.2) is 0 Å². The predicted octanol–water partition coefficient (Wildman–Crippen LogP) is 4.33. The first-order valence-corrected chi connectivity index (χ1v) is 7.95. The Labute approximate surface area is 127 Å². The lowest BCUT2D eigenvalue weighted by molar-refractivity contribution is 0.508. The van der Waals surface area contributed by atoms with E-state index in [9.17, 15) is 4.39 Å². The van der Waals surface area contributed by atoms with Gasteiger partial charge >= 0.3 is 0 Å². The van der Waals surface area contributed by atoms with Gasteiger partial charge in [0.2, 0.25) is 0 Å². The molecule has 0 spiro atoms. The minimum atomic E-state index is -0.247. The van der Waals surface area contributed by atoms with Crippen LogP contribution in [-0.4, -0.2) is 11.5 Å². The summed E-state index contributed by atoms with van der Waals surface area (Å²) in [5.41, 5.74) is 1.94. The number of likely N-dealkylation sites (N-methyl/N-ethyl adjacent to an activating group) is 1. The highest BCUT2D eigenvalue weighted by Gasteiger charge is 2.17. The molecule has 3 aromatic rings. The molecular formula is C17H17FN2S. The molecule has 0 aliphatic carbocycles. The van der Waals surface area contributed by atoms with Crippen LogP contribution < -0.4 is 5.32 Å². The molecule has 0 aliphatic heterocycles. The van der Waals surface area contributed by atoms with Crippen molar-refractivity contribution in [2.45, 2.75) is 19.4 Å². The summed E-state index contributed by atoms with van der Waals surface area (Å²) < 4.78 is 15.3. The lowest BCUT2D eigenvalue weighted by Gasteiger charge is -2.18. The number of pyridine rings is 1. The van der Waals surface area contributed by atoms with Crippen molar-refractivity contribution >= 4 is 21.4 Å². The molecule has 1 N–H and O–H groups in total. The summed E-state index contributed by atoms with van der Waals surface area (Å²) in [5.74, 6) is -0.247. The van der Waals surface area contributed by atoms with E-state index in [0.29, 0.717) is 5.56 Å². The molecule has 0 fully saturated rings. The van der Waals surface area contributed by atoms with Crippen molar-refractivity contribution in [3.8, 4) is 0 Å². The predicted molar refractivity (Wildman–Crippen MR) is 86.1 cm³/mol. The standard InChI is InChI=1S/C17H17FN2S/c1-2-20-16(14-7-8-19-10-15(14)18)9-12-11-21-17-6-4-3-5-13(12)17/h3-8,10-11,16,20H,2,9H2,1H3. The van der Waals surface area contributed by atoms with E-state index in [0.717, 1.165) is 13.0 Å². The zero-order valence-electron chi connectivity index (χ0n) is 11.8. The van der Waals surface area contributed by atoms with Gasteiger partial charge in [-0.15, -0.1) is 11.3 Å². The fraction of sp³-hybridized carbons (Fsp3) is 0.235. The van der Waals surface area contributed by atoms with Gasteiger partial charge in [0, 0.05) is 22.5 Å². The fourth-order valence-corrected chi connectivity index (χ4v) is 3.59. The van der Waals surface area contributed by atoms with Gasteiger partial charge in [-0.25, -0.2) is 4.39 Å². The Balaban J connectivity index is 1.94. The number of hydrogen-bond acceptors (Lipinski definition) is 3. The highest BCUT2D eigenvalue weighted by Crippen LogP contribution is 2.30. The maximum absolute atomic E-state index is 14.0. The quantitative estimate of drug-likeness (QED) is 0.758. The van der Waals surface area contributed by atoms with Crippen LogP contribution in [0.25, 0.3) is 10.1 Å². The molecule has 0 bridgehead atoms. The van der Waals surface area contributed by atoms with Crippen molar-refractivity contribution in [1.82, 2.24) is 10.3 Å². The number of thiophene rings is 1. The molecule has 3 rings (SSSR count). The second-order valence-electron chi connectivity index (χ2n) is 4.97. The first kappa shape index (κ1) is 14.2. The SMILES string of the molecule is CCNC(Cc1csc2ccccc12)c1ccncc1F. The van der Waals surface area contributed by atoms with Crippen molar-refractivity contribution in [1.29, 1.82) is 0 Å². The van der Waals surface area contributed by atoms with Gasteiger partial charge in [-0.2, -0.15) is 0 Å². The first-order valence-electron chi connectivity index (χ1n) is 7.07. The lowest BCUT2D eigenvalue weighted by atomic mass is 9.99. The van der Waals surface area contributed by atoms with Crippen molar-refractivity contribution in [2.75, 3.05) is 6.54 Å². The zero-order chi connectivity index (χ0) is 14.7. The van der Waals surface area contributed by atoms with Gasteiger partial charge in [-0.05, 0) is 41.4 Å². The maximum atomic E-state index is 14.0. The Morgan fingerprint density at radius 3 is 2.95 bits per heavy atom. The summed E-state index contributed by atoms with van der Waals surface area (Å²) in [6, 6.07) is 10.1. The summed E-state index contributed by atoms with van der Waals surface area (Å²) in [6.45, 7) is 2.84. The number of nitrogens with one attached hydrogen (secondary N) is 1. The molecule has 1 aromatic carbocycles. The Morgan fingerprint density at radius 1 is 1.29 bits per heavy atom. The van der Waals surface area contributed by atoms with E-state index in [-0.39, 0.29) is 11.9 Å². The van der Waals surface area contributed by atoms with E-state index in [2.05, 4.69) is 27.8 Å². The average Bonchev–Trinajstić information content (AvgIpc) is 2.91. The molecule has 2 nitrogen and oxygen atoms in total. The van der Waals surface area contributed by atoms with Crippen LogP contribution in [0, 0.1) is 5.82 Å². The molecule has 1 unspecified atom stereocenters. The van der Waals surface area contributed by atoms with E-state index in [1.807, 2.05) is 19.1 Å². The summed E-state index contributed by atoms with van der Waals surface area (Å²) in [7, 11) is 0. The van der Waals surface area contributed by atoms with E-state index >= 15 is 0 Å². The van der Waals surface area contributed by atoms with Crippen LogP contribution in [0.15, 0.2) is 48.1 Å². The third kappa shape index (κ3) is 2.96. The van der Waals surface area contributed by atoms with Gasteiger partial charge in [0.05, 0.1) is 6.20 Å². The molecule has 0 saturated heterocycles. The Hall–Kier alpha value is -1.78. The molecular weight excluding hydrogens is 283 g/mol. The van der Waals surface area contributed by atoms with E-state index in [1.54, 1.807) is 23.6 Å². The monoisotopic (exact) mass is 300 g/mol.